The zero-order chi connectivity index (χ0) is 25.2. The molecule has 4 N–H and O–H groups in total. The standard InChI is InChI=1S/C25H36N4O6/c1-17(7-8-18-5-3-2-4-6-18)15-21(35-25(26)33)23(31)28-20(16-19-9-10-27-22(19)30)24(32)29-11-13-34-14-12-29/h2-6,17,19-21H,7-16H2,1H3,(H2,26,33)(H,27,30)(H,28,31)/t17-,19-,20-,21-/m0/s1. The van der Waals surface area contributed by atoms with Crippen LogP contribution in [-0.2, 0) is 30.3 Å². The van der Waals surface area contributed by atoms with E-state index in [1.165, 1.54) is 5.56 Å². The predicted molar refractivity (Wildman–Crippen MR) is 128 cm³/mol. The Bertz CT molecular complexity index is 874. The fraction of sp³-hybridized carbons (Fsp3) is 0.600. The number of amides is 4. The number of aryl methyl sites for hydroxylation is 1. The average molecular weight is 489 g/mol. The van der Waals surface area contributed by atoms with Gasteiger partial charge in [-0.15, -0.1) is 0 Å². The highest BCUT2D eigenvalue weighted by atomic mass is 16.6. The highest BCUT2D eigenvalue weighted by Crippen LogP contribution is 2.20. The minimum Gasteiger partial charge on any atom is -0.436 e. The van der Waals surface area contributed by atoms with Crippen molar-refractivity contribution in [2.24, 2.45) is 17.6 Å². The molecule has 0 aromatic heterocycles. The van der Waals surface area contributed by atoms with E-state index in [0.29, 0.717) is 39.3 Å². The molecule has 2 aliphatic rings. The molecular formula is C25H36N4O6. The number of morpholine rings is 1. The van der Waals surface area contributed by atoms with E-state index in [9.17, 15) is 19.2 Å². The molecular weight excluding hydrogens is 452 g/mol. The summed E-state index contributed by atoms with van der Waals surface area (Å²) in [6, 6.07) is 9.08. The lowest BCUT2D eigenvalue weighted by atomic mass is 9.94. The largest absolute Gasteiger partial charge is 0.436 e. The first-order valence-electron chi connectivity index (χ1n) is 12.3. The van der Waals surface area contributed by atoms with Crippen molar-refractivity contribution in [2.45, 2.75) is 51.2 Å². The smallest absolute Gasteiger partial charge is 0.405 e. The van der Waals surface area contributed by atoms with Crippen LogP contribution < -0.4 is 16.4 Å². The van der Waals surface area contributed by atoms with E-state index in [0.717, 1.165) is 12.8 Å². The Morgan fingerprint density at radius 2 is 1.94 bits per heavy atom. The SMILES string of the molecule is C[C@@H](CCc1ccccc1)C[C@H](OC(N)=O)C(=O)N[C@@H](C[C@@H]1CCNC1=O)C(=O)N1CCOCC1. The van der Waals surface area contributed by atoms with Crippen molar-refractivity contribution in [3.63, 3.8) is 0 Å². The van der Waals surface area contributed by atoms with E-state index in [1.807, 2.05) is 37.3 Å². The fourth-order valence-electron chi connectivity index (χ4n) is 4.53. The normalized spacial score (nSPS) is 20.4. The lowest BCUT2D eigenvalue weighted by molar-refractivity contribution is -0.142. The summed E-state index contributed by atoms with van der Waals surface area (Å²) < 4.78 is 10.5. The van der Waals surface area contributed by atoms with Crippen LogP contribution in [0.3, 0.4) is 0 Å². The summed E-state index contributed by atoms with van der Waals surface area (Å²) in [4.78, 5) is 51.8. The van der Waals surface area contributed by atoms with E-state index < -0.39 is 24.1 Å². The molecule has 4 amide bonds. The Labute approximate surface area is 205 Å². The number of hydrogen-bond donors (Lipinski definition) is 3. The molecule has 2 aliphatic heterocycles. The third-order valence-electron chi connectivity index (χ3n) is 6.56. The number of carbonyl (C=O) groups excluding carboxylic acids is 4. The van der Waals surface area contributed by atoms with Gasteiger partial charge in [-0.2, -0.15) is 0 Å². The van der Waals surface area contributed by atoms with Crippen LogP contribution in [0, 0.1) is 11.8 Å². The zero-order valence-electron chi connectivity index (χ0n) is 20.2. The number of nitrogens with one attached hydrogen (secondary N) is 2. The van der Waals surface area contributed by atoms with Crippen LogP contribution in [0.25, 0.3) is 0 Å². The summed E-state index contributed by atoms with van der Waals surface area (Å²) in [6.45, 7) is 4.19. The second-order valence-corrected chi connectivity index (χ2v) is 9.30. The molecule has 10 heteroatoms. The molecule has 192 valence electrons. The van der Waals surface area contributed by atoms with Crippen molar-refractivity contribution < 1.29 is 28.7 Å². The maximum atomic E-state index is 13.2. The van der Waals surface area contributed by atoms with Crippen LogP contribution in [0.5, 0.6) is 0 Å². The first kappa shape index (κ1) is 26.5. The van der Waals surface area contributed by atoms with E-state index in [2.05, 4.69) is 10.6 Å². The van der Waals surface area contributed by atoms with Gasteiger partial charge in [0, 0.05) is 25.6 Å². The molecule has 35 heavy (non-hydrogen) atoms. The second-order valence-electron chi connectivity index (χ2n) is 9.30. The van der Waals surface area contributed by atoms with Crippen molar-refractivity contribution >= 4 is 23.8 Å². The summed E-state index contributed by atoms with van der Waals surface area (Å²) in [5.41, 5.74) is 6.43. The van der Waals surface area contributed by atoms with Gasteiger partial charge in [0.25, 0.3) is 5.91 Å². The van der Waals surface area contributed by atoms with Gasteiger partial charge in [0.15, 0.2) is 6.10 Å². The molecule has 0 radical (unpaired) electrons. The molecule has 1 aromatic carbocycles. The van der Waals surface area contributed by atoms with Gasteiger partial charge in [0.2, 0.25) is 11.8 Å². The van der Waals surface area contributed by atoms with Gasteiger partial charge in [-0.1, -0.05) is 37.3 Å². The topological polar surface area (TPSA) is 140 Å². The van der Waals surface area contributed by atoms with Gasteiger partial charge >= 0.3 is 6.09 Å². The van der Waals surface area contributed by atoms with Crippen LogP contribution in [-0.4, -0.2) is 73.7 Å². The van der Waals surface area contributed by atoms with Crippen molar-refractivity contribution in [3.8, 4) is 0 Å². The number of benzene rings is 1. The molecule has 4 atom stereocenters. The summed E-state index contributed by atoms with van der Waals surface area (Å²) in [6.07, 6.45) is 0.474. The van der Waals surface area contributed by atoms with Gasteiger partial charge in [-0.3, -0.25) is 14.4 Å². The van der Waals surface area contributed by atoms with E-state index in [-0.39, 0.29) is 36.5 Å². The Morgan fingerprint density at radius 1 is 1.23 bits per heavy atom. The molecule has 10 nitrogen and oxygen atoms in total. The maximum Gasteiger partial charge on any atom is 0.405 e. The highest BCUT2D eigenvalue weighted by Gasteiger charge is 2.36. The molecule has 2 heterocycles. The maximum absolute atomic E-state index is 13.2. The molecule has 1 aromatic rings. The van der Waals surface area contributed by atoms with Crippen LogP contribution in [0.2, 0.25) is 0 Å². The van der Waals surface area contributed by atoms with Crippen LogP contribution in [0.15, 0.2) is 30.3 Å². The summed E-state index contributed by atoms with van der Waals surface area (Å²) in [7, 11) is 0. The van der Waals surface area contributed by atoms with Gasteiger partial charge in [0.1, 0.15) is 6.04 Å². The van der Waals surface area contributed by atoms with Gasteiger partial charge in [0.05, 0.1) is 13.2 Å². The molecule has 2 saturated heterocycles. The van der Waals surface area contributed by atoms with E-state index in [1.54, 1.807) is 4.90 Å². The number of hydrogen-bond acceptors (Lipinski definition) is 6. The number of rotatable bonds is 11. The van der Waals surface area contributed by atoms with Gasteiger partial charge < -0.3 is 30.7 Å². The molecule has 0 spiro atoms. The lowest BCUT2D eigenvalue weighted by Crippen LogP contribution is -2.54. The van der Waals surface area contributed by atoms with Crippen molar-refractivity contribution in [1.29, 1.82) is 0 Å². The van der Waals surface area contributed by atoms with Crippen LogP contribution in [0.1, 0.15) is 38.2 Å². The Kier molecular flexibility index (Phi) is 9.89. The number of ether oxygens (including phenoxy) is 2. The van der Waals surface area contributed by atoms with E-state index >= 15 is 0 Å². The second kappa shape index (κ2) is 13.1. The van der Waals surface area contributed by atoms with Crippen molar-refractivity contribution in [3.05, 3.63) is 35.9 Å². The number of nitrogens with two attached hydrogens (primary N) is 1. The molecule has 0 saturated carbocycles. The van der Waals surface area contributed by atoms with Gasteiger partial charge in [-0.05, 0) is 43.6 Å². The number of primary amides is 1. The molecule has 0 bridgehead atoms. The van der Waals surface area contributed by atoms with Gasteiger partial charge in [-0.25, -0.2) is 4.79 Å². The van der Waals surface area contributed by atoms with Crippen molar-refractivity contribution in [1.82, 2.24) is 15.5 Å². The fourth-order valence-corrected chi connectivity index (χ4v) is 4.53. The highest BCUT2D eigenvalue weighted by molar-refractivity contribution is 5.91. The molecule has 2 fully saturated rings. The number of carbonyl (C=O) groups is 4. The van der Waals surface area contributed by atoms with Crippen molar-refractivity contribution in [2.75, 3.05) is 32.8 Å². The first-order chi connectivity index (χ1) is 16.8. The summed E-state index contributed by atoms with van der Waals surface area (Å²) >= 11 is 0. The molecule has 0 aliphatic carbocycles. The molecule has 0 unspecified atom stereocenters. The monoisotopic (exact) mass is 488 g/mol. The molecule has 3 rings (SSSR count). The quantitative estimate of drug-likeness (QED) is 0.424. The predicted octanol–water partition coefficient (Wildman–Crippen LogP) is 0.979. The minimum atomic E-state index is -1.13. The van der Waals surface area contributed by atoms with E-state index in [4.69, 9.17) is 15.2 Å². The van der Waals surface area contributed by atoms with Crippen LogP contribution in [0.4, 0.5) is 4.79 Å². The summed E-state index contributed by atoms with van der Waals surface area (Å²) in [5, 5.41) is 5.53. The third-order valence-corrected chi connectivity index (χ3v) is 6.56. The Balaban J connectivity index is 1.65. The van der Waals surface area contributed by atoms with Crippen LogP contribution >= 0.6 is 0 Å². The Hall–Kier alpha value is -3.14. The third kappa shape index (κ3) is 8.24. The lowest BCUT2D eigenvalue weighted by Gasteiger charge is -2.32. The summed E-state index contributed by atoms with van der Waals surface area (Å²) in [5.74, 6) is -1.29. The number of nitrogens with zero attached hydrogens (tertiary/aromatic N) is 1. The first-order valence-corrected chi connectivity index (χ1v) is 12.3. The zero-order valence-corrected chi connectivity index (χ0v) is 20.2. The average Bonchev–Trinajstić information content (AvgIpc) is 3.26. The minimum absolute atomic E-state index is 0.0549. The Morgan fingerprint density at radius 3 is 2.57 bits per heavy atom.